The summed E-state index contributed by atoms with van der Waals surface area (Å²) in [5.41, 5.74) is 0.170. The highest BCUT2D eigenvalue weighted by molar-refractivity contribution is 5.80. The summed E-state index contributed by atoms with van der Waals surface area (Å²) >= 11 is 0. The van der Waals surface area contributed by atoms with Gasteiger partial charge in [0.15, 0.2) is 0 Å². The van der Waals surface area contributed by atoms with Gasteiger partial charge in [-0.2, -0.15) is 0 Å². The molecule has 2 atom stereocenters. The zero-order valence-electron chi connectivity index (χ0n) is 11.1. The smallest absolute Gasteiger partial charge is 0.226 e. The maximum atomic E-state index is 12.5. The standard InChI is InChI=1S/C14H25NO2/c1-14(2)7-3-6-12(14)13(17)15-8-4-5-11(9-15)10-16/h11-12,16H,3-10H2,1-2H3. The van der Waals surface area contributed by atoms with Crippen LogP contribution in [-0.4, -0.2) is 35.6 Å². The number of likely N-dealkylation sites (tertiary alicyclic amines) is 1. The van der Waals surface area contributed by atoms with Crippen LogP contribution in [0.25, 0.3) is 0 Å². The Kier molecular flexibility index (Phi) is 3.76. The lowest BCUT2D eigenvalue weighted by atomic mass is 9.80. The number of hydrogen-bond acceptors (Lipinski definition) is 2. The van der Waals surface area contributed by atoms with Crippen LogP contribution in [0.1, 0.15) is 46.0 Å². The number of piperidine rings is 1. The van der Waals surface area contributed by atoms with Gasteiger partial charge in [0.25, 0.3) is 0 Å². The third-order valence-corrected chi connectivity index (χ3v) is 4.64. The largest absolute Gasteiger partial charge is 0.396 e. The van der Waals surface area contributed by atoms with Crippen LogP contribution in [0.2, 0.25) is 0 Å². The number of nitrogens with zero attached hydrogens (tertiary/aromatic N) is 1. The van der Waals surface area contributed by atoms with Gasteiger partial charge in [0.2, 0.25) is 5.91 Å². The van der Waals surface area contributed by atoms with E-state index in [-0.39, 0.29) is 17.9 Å². The van der Waals surface area contributed by atoms with Crippen molar-refractivity contribution in [1.29, 1.82) is 0 Å². The summed E-state index contributed by atoms with van der Waals surface area (Å²) in [6, 6.07) is 0. The van der Waals surface area contributed by atoms with Crippen molar-refractivity contribution >= 4 is 5.91 Å². The third kappa shape index (κ3) is 2.65. The highest BCUT2D eigenvalue weighted by atomic mass is 16.3. The molecule has 1 N–H and O–H groups in total. The van der Waals surface area contributed by atoms with Crippen molar-refractivity contribution in [3.8, 4) is 0 Å². The van der Waals surface area contributed by atoms with Crippen LogP contribution in [0.3, 0.4) is 0 Å². The molecule has 3 nitrogen and oxygen atoms in total. The molecule has 0 aromatic carbocycles. The van der Waals surface area contributed by atoms with Crippen LogP contribution in [0, 0.1) is 17.3 Å². The van der Waals surface area contributed by atoms with Crippen molar-refractivity contribution in [3.63, 3.8) is 0 Å². The summed E-state index contributed by atoms with van der Waals surface area (Å²) in [4.78, 5) is 14.5. The lowest BCUT2D eigenvalue weighted by Gasteiger charge is -2.36. The van der Waals surface area contributed by atoms with Gasteiger partial charge in [-0.15, -0.1) is 0 Å². The van der Waals surface area contributed by atoms with Gasteiger partial charge >= 0.3 is 0 Å². The zero-order chi connectivity index (χ0) is 12.5. The minimum absolute atomic E-state index is 0.170. The van der Waals surface area contributed by atoms with Gasteiger partial charge in [0.1, 0.15) is 0 Å². The third-order valence-electron chi connectivity index (χ3n) is 4.64. The van der Waals surface area contributed by atoms with E-state index < -0.39 is 0 Å². The van der Waals surface area contributed by atoms with Gasteiger partial charge in [-0.1, -0.05) is 20.3 Å². The van der Waals surface area contributed by atoms with Crippen molar-refractivity contribution in [2.45, 2.75) is 46.0 Å². The van der Waals surface area contributed by atoms with Gasteiger partial charge in [-0.3, -0.25) is 4.79 Å². The molecule has 0 aromatic heterocycles. The molecule has 2 rings (SSSR count). The molecule has 3 heteroatoms. The van der Waals surface area contributed by atoms with E-state index in [1.54, 1.807) is 0 Å². The molecule has 0 radical (unpaired) electrons. The minimum Gasteiger partial charge on any atom is -0.396 e. The summed E-state index contributed by atoms with van der Waals surface area (Å²) in [6.07, 6.45) is 5.51. The minimum atomic E-state index is 0.170. The first-order valence-corrected chi connectivity index (χ1v) is 6.94. The number of hydrogen-bond donors (Lipinski definition) is 1. The van der Waals surface area contributed by atoms with Crippen molar-refractivity contribution in [2.75, 3.05) is 19.7 Å². The van der Waals surface area contributed by atoms with E-state index in [9.17, 15) is 9.90 Å². The molecule has 1 saturated carbocycles. The van der Waals surface area contributed by atoms with E-state index in [2.05, 4.69) is 13.8 Å². The predicted molar refractivity (Wildman–Crippen MR) is 67.5 cm³/mol. The van der Waals surface area contributed by atoms with Crippen molar-refractivity contribution in [3.05, 3.63) is 0 Å². The lowest BCUT2D eigenvalue weighted by Crippen LogP contribution is -2.45. The Morgan fingerprint density at radius 2 is 2.12 bits per heavy atom. The first-order valence-electron chi connectivity index (χ1n) is 6.94. The van der Waals surface area contributed by atoms with Crippen molar-refractivity contribution < 1.29 is 9.90 Å². The predicted octanol–water partition coefficient (Wildman–Crippen LogP) is 2.04. The van der Waals surface area contributed by atoms with Crippen LogP contribution >= 0.6 is 0 Å². The second kappa shape index (κ2) is 4.97. The van der Waals surface area contributed by atoms with Crippen molar-refractivity contribution in [1.82, 2.24) is 4.90 Å². The highest BCUT2D eigenvalue weighted by Crippen LogP contribution is 2.43. The SMILES string of the molecule is CC1(C)CCCC1C(=O)N1CCCC(CO)C1. The second-order valence-electron chi connectivity index (χ2n) is 6.41. The number of aliphatic hydroxyl groups excluding tert-OH is 1. The van der Waals surface area contributed by atoms with Gasteiger partial charge in [-0.25, -0.2) is 0 Å². The molecule has 17 heavy (non-hydrogen) atoms. The number of amides is 1. The van der Waals surface area contributed by atoms with Gasteiger partial charge in [-0.05, 0) is 37.0 Å². The molecule has 2 unspecified atom stereocenters. The van der Waals surface area contributed by atoms with Gasteiger partial charge in [0, 0.05) is 25.6 Å². The molecule has 0 spiro atoms. The first kappa shape index (κ1) is 12.9. The van der Waals surface area contributed by atoms with E-state index in [0.717, 1.165) is 32.4 Å². The van der Waals surface area contributed by atoms with E-state index in [1.165, 1.54) is 12.8 Å². The Morgan fingerprint density at radius 3 is 2.71 bits per heavy atom. The maximum absolute atomic E-state index is 12.5. The maximum Gasteiger partial charge on any atom is 0.226 e. The number of aliphatic hydroxyl groups is 1. The molecule has 0 aromatic rings. The summed E-state index contributed by atoms with van der Waals surface area (Å²) in [5, 5.41) is 9.22. The fourth-order valence-corrected chi connectivity index (χ4v) is 3.42. The molecule has 1 saturated heterocycles. The topological polar surface area (TPSA) is 40.5 Å². The fraction of sp³-hybridized carbons (Fsp3) is 0.929. The number of carbonyl (C=O) groups is 1. The van der Waals surface area contributed by atoms with Crippen LogP contribution < -0.4 is 0 Å². The summed E-state index contributed by atoms with van der Waals surface area (Å²) in [6.45, 7) is 6.31. The molecule has 98 valence electrons. The first-order chi connectivity index (χ1) is 8.04. The Balaban J connectivity index is 1.99. The lowest BCUT2D eigenvalue weighted by molar-refractivity contribution is -0.140. The van der Waals surface area contributed by atoms with E-state index in [1.807, 2.05) is 4.90 Å². The van der Waals surface area contributed by atoms with Crippen LogP contribution in [-0.2, 0) is 4.79 Å². The molecule has 1 heterocycles. The van der Waals surface area contributed by atoms with Crippen molar-refractivity contribution in [2.24, 2.45) is 17.3 Å². The van der Waals surface area contributed by atoms with E-state index >= 15 is 0 Å². The Bertz CT molecular complexity index is 288. The number of rotatable bonds is 2. The van der Waals surface area contributed by atoms with Crippen LogP contribution in [0.4, 0.5) is 0 Å². The fourth-order valence-electron chi connectivity index (χ4n) is 3.42. The van der Waals surface area contributed by atoms with Gasteiger partial charge in [0.05, 0.1) is 0 Å². The Hall–Kier alpha value is -0.570. The molecule has 2 fully saturated rings. The van der Waals surface area contributed by atoms with Gasteiger partial charge < -0.3 is 10.0 Å². The van der Waals surface area contributed by atoms with E-state index in [0.29, 0.717) is 11.8 Å². The molecule has 1 amide bonds. The Labute approximate surface area is 104 Å². The average molecular weight is 239 g/mol. The van der Waals surface area contributed by atoms with Crippen LogP contribution in [0.15, 0.2) is 0 Å². The highest BCUT2D eigenvalue weighted by Gasteiger charge is 2.41. The summed E-state index contributed by atoms with van der Waals surface area (Å²) in [7, 11) is 0. The summed E-state index contributed by atoms with van der Waals surface area (Å²) < 4.78 is 0. The van der Waals surface area contributed by atoms with E-state index in [4.69, 9.17) is 0 Å². The van der Waals surface area contributed by atoms with Crippen LogP contribution in [0.5, 0.6) is 0 Å². The summed E-state index contributed by atoms with van der Waals surface area (Å²) in [5.74, 6) is 0.850. The molecule has 1 aliphatic carbocycles. The quantitative estimate of drug-likeness (QED) is 0.801. The second-order valence-corrected chi connectivity index (χ2v) is 6.41. The molecule has 1 aliphatic heterocycles. The molecule has 2 aliphatic rings. The monoisotopic (exact) mass is 239 g/mol. The average Bonchev–Trinajstić information content (AvgIpc) is 2.68. The molecular weight excluding hydrogens is 214 g/mol. The molecule has 0 bridgehead atoms. The molecular formula is C14H25NO2. The number of carbonyl (C=O) groups excluding carboxylic acids is 1. The Morgan fingerprint density at radius 1 is 1.35 bits per heavy atom. The normalized spacial score (nSPS) is 32.8. The zero-order valence-corrected chi connectivity index (χ0v) is 11.1.